The first kappa shape index (κ1) is 18.3. The molecule has 1 heterocycles. The lowest BCUT2D eigenvalue weighted by molar-refractivity contribution is 0.209. The zero-order valence-corrected chi connectivity index (χ0v) is 15.3. The van der Waals surface area contributed by atoms with Crippen LogP contribution in [0.1, 0.15) is 38.7 Å². The lowest BCUT2D eigenvalue weighted by atomic mass is 10.3. The maximum atomic E-state index is 12.5. The van der Waals surface area contributed by atoms with E-state index in [1.165, 1.54) is 5.56 Å². The van der Waals surface area contributed by atoms with E-state index in [0.29, 0.717) is 6.54 Å². The van der Waals surface area contributed by atoms with E-state index in [9.17, 15) is 4.79 Å². The van der Waals surface area contributed by atoms with Crippen molar-refractivity contribution in [1.82, 2.24) is 4.90 Å². The number of amides is 2. The van der Waals surface area contributed by atoms with E-state index in [2.05, 4.69) is 30.6 Å². The maximum Gasteiger partial charge on any atom is 0.322 e. The minimum Gasteiger partial charge on any atom is -0.494 e. The molecule has 0 fully saturated rings. The predicted molar refractivity (Wildman–Crippen MR) is 101 cm³/mol. The Labute approximate surface area is 148 Å². The van der Waals surface area contributed by atoms with Gasteiger partial charge in [0.05, 0.1) is 6.61 Å². The summed E-state index contributed by atoms with van der Waals surface area (Å²) in [7, 11) is 0. The molecule has 0 bridgehead atoms. The summed E-state index contributed by atoms with van der Waals surface area (Å²) in [5.41, 5.74) is 1.96. The number of hydrogen-bond donors (Lipinski definition) is 1. The van der Waals surface area contributed by atoms with Crippen molar-refractivity contribution in [2.24, 2.45) is 0 Å². The molecule has 0 aliphatic heterocycles. The van der Waals surface area contributed by atoms with Crippen molar-refractivity contribution in [2.45, 2.75) is 39.7 Å². The van der Waals surface area contributed by atoms with E-state index in [1.807, 2.05) is 34.5 Å². The zero-order chi connectivity index (χ0) is 17.2. The van der Waals surface area contributed by atoms with Crippen LogP contribution in [-0.2, 0) is 6.54 Å². The Morgan fingerprint density at radius 1 is 1.17 bits per heavy atom. The van der Waals surface area contributed by atoms with E-state index in [1.54, 1.807) is 11.3 Å². The van der Waals surface area contributed by atoms with Gasteiger partial charge in [-0.15, -0.1) is 0 Å². The standard InChI is InChI=1S/C19H26N2O2S/c1-3-5-12-23-18-8-6-17(7-9-18)20-19(22)21(11-4-2)14-16-10-13-24-15-16/h6-10,13,15H,3-5,11-12,14H2,1-2H3,(H,20,22). The number of ether oxygens (including phenoxy) is 1. The van der Waals surface area contributed by atoms with Gasteiger partial charge in [-0.25, -0.2) is 4.79 Å². The van der Waals surface area contributed by atoms with Crippen molar-refractivity contribution in [3.05, 3.63) is 46.7 Å². The van der Waals surface area contributed by atoms with Crippen molar-refractivity contribution >= 4 is 23.1 Å². The molecule has 2 amide bonds. The number of urea groups is 1. The van der Waals surface area contributed by atoms with Gasteiger partial charge in [0.1, 0.15) is 5.75 Å². The summed E-state index contributed by atoms with van der Waals surface area (Å²) in [5.74, 6) is 0.838. The summed E-state index contributed by atoms with van der Waals surface area (Å²) < 4.78 is 5.64. The minimum atomic E-state index is -0.0669. The molecule has 0 unspecified atom stereocenters. The van der Waals surface area contributed by atoms with Gasteiger partial charge in [-0.3, -0.25) is 0 Å². The molecule has 24 heavy (non-hydrogen) atoms. The van der Waals surface area contributed by atoms with Crippen LogP contribution in [0.2, 0.25) is 0 Å². The highest BCUT2D eigenvalue weighted by molar-refractivity contribution is 7.07. The fraction of sp³-hybridized carbons (Fsp3) is 0.421. The topological polar surface area (TPSA) is 41.6 Å². The van der Waals surface area contributed by atoms with Crippen LogP contribution in [0.25, 0.3) is 0 Å². The number of unbranched alkanes of at least 4 members (excludes halogenated alkanes) is 1. The first-order valence-electron chi connectivity index (χ1n) is 8.52. The molecule has 5 heteroatoms. The van der Waals surface area contributed by atoms with E-state index in [-0.39, 0.29) is 6.03 Å². The van der Waals surface area contributed by atoms with Crippen LogP contribution in [0, 0.1) is 0 Å². The lowest BCUT2D eigenvalue weighted by Gasteiger charge is -2.22. The molecule has 130 valence electrons. The first-order valence-corrected chi connectivity index (χ1v) is 9.47. The lowest BCUT2D eigenvalue weighted by Crippen LogP contribution is -2.34. The Hall–Kier alpha value is -2.01. The Bertz CT molecular complexity index is 596. The molecule has 0 spiro atoms. The fourth-order valence-electron chi connectivity index (χ4n) is 2.30. The second kappa shape index (κ2) is 9.98. The van der Waals surface area contributed by atoms with Crippen LogP contribution in [0.5, 0.6) is 5.75 Å². The Kier molecular flexibility index (Phi) is 7.62. The number of carbonyl (C=O) groups is 1. The van der Waals surface area contributed by atoms with E-state index in [4.69, 9.17) is 4.74 Å². The molecule has 1 aromatic carbocycles. The van der Waals surface area contributed by atoms with Gasteiger partial charge in [0.2, 0.25) is 0 Å². The number of nitrogens with zero attached hydrogens (tertiary/aromatic N) is 1. The van der Waals surface area contributed by atoms with Gasteiger partial charge < -0.3 is 15.0 Å². The van der Waals surface area contributed by atoms with Crippen molar-refractivity contribution in [1.29, 1.82) is 0 Å². The van der Waals surface area contributed by atoms with E-state index < -0.39 is 0 Å². The van der Waals surface area contributed by atoms with Crippen LogP contribution in [0.15, 0.2) is 41.1 Å². The second-order valence-corrected chi connectivity index (χ2v) is 6.49. The highest BCUT2D eigenvalue weighted by Crippen LogP contribution is 2.17. The maximum absolute atomic E-state index is 12.5. The summed E-state index contributed by atoms with van der Waals surface area (Å²) in [6.07, 6.45) is 3.10. The molecule has 1 aromatic heterocycles. The number of benzene rings is 1. The molecule has 0 radical (unpaired) electrons. The van der Waals surface area contributed by atoms with Crippen LogP contribution in [0.3, 0.4) is 0 Å². The summed E-state index contributed by atoms with van der Waals surface area (Å²) >= 11 is 1.65. The van der Waals surface area contributed by atoms with Crippen LogP contribution < -0.4 is 10.1 Å². The first-order chi connectivity index (χ1) is 11.7. The van der Waals surface area contributed by atoms with Gasteiger partial charge in [-0.05, 0) is 59.5 Å². The van der Waals surface area contributed by atoms with Crippen molar-refractivity contribution in [3.63, 3.8) is 0 Å². The largest absolute Gasteiger partial charge is 0.494 e. The molecule has 0 saturated carbocycles. The molecule has 2 aromatic rings. The molecule has 4 nitrogen and oxygen atoms in total. The van der Waals surface area contributed by atoms with Crippen LogP contribution in [-0.4, -0.2) is 24.1 Å². The van der Waals surface area contributed by atoms with Crippen LogP contribution in [0.4, 0.5) is 10.5 Å². The van der Waals surface area contributed by atoms with E-state index in [0.717, 1.165) is 43.9 Å². The SMILES string of the molecule is CCCCOc1ccc(NC(=O)N(CCC)Cc2ccsc2)cc1. The average molecular weight is 346 g/mol. The number of rotatable bonds is 9. The van der Waals surface area contributed by atoms with Gasteiger partial charge >= 0.3 is 6.03 Å². The number of nitrogens with one attached hydrogen (secondary N) is 1. The van der Waals surface area contributed by atoms with Gasteiger partial charge in [0, 0.05) is 18.8 Å². The summed E-state index contributed by atoms with van der Waals surface area (Å²) in [6.45, 7) is 6.32. The van der Waals surface area contributed by atoms with E-state index >= 15 is 0 Å². The summed E-state index contributed by atoms with van der Waals surface area (Å²) in [4.78, 5) is 14.4. The third-order valence-corrected chi connectivity index (χ3v) is 4.34. The molecule has 0 aliphatic carbocycles. The third-order valence-electron chi connectivity index (χ3n) is 3.61. The van der Waals surface area contributed by atoms with Gasteiger partial charge in [-0.1, -0.05) is 20.3 Å². The number of anilines is 1. The van der Waals surface area contributed by atoms with Gasteiger partial charge in [0.25, 0.3) is 0 Å². The second-order valence-electron chi connectivity index (χ2n) is 5.71. The Morgan fingerprint density at radius 2 is 1.96 bits per heavy atom. The fourth-order valence-corrected chi connectivity index (χ4v) is 2.96. The molecule has 0 aliphatic rings. The Morgan fingerprint density at radius 3 is 2.58 bits per heavy atom. The Balaban J connectivity index is 1.90. The molecule has 2 rings (SSSR count). The minimum absolute atomic E-state index is 0.0669. The predicted octanol–water partition coefficient (Wildman–Crippen LogP) is 5.37. The molecule has 0 saturated heterocycles. The average Bonchev–Trinajstić information content (AvgIpc) is 3.09. The summed E-state index contributed by atoms with van der Waals surface area (Å²) in [6, 6.07) is 9.55. The molecule has 1 N–H and O–H groups in total. The number of hydrogen-bond acceptors (Lipinski definition) is 3. The molecular formula is C19H26N2O2S. The molecular weight excluding hydrogens is 320 g/mol. The molecule has 0 atom stereocenters. The quantitative estimate of drug-likeness (QED) is 0.620. The van der Waals surface area contributed by atoms with Crippen molar-refractivity contribution in [3.8, 4) is 5.75 Å². The van der Waals surface area contributed by atoms with Crippen molar-refractivity contribution < 1.29 is 9.53 Å². The van der Waals surface area contributed by atoms with Crippen molar-refractivity contribution in [2.75, 3.05) is 18.5 Å². The highest BCUT2D eigenvalue weighted by atomic mass is 32.1. The summed E-state index contributed by atoms with van der Waals surface area (Å²) in [5, 5.41) is 7.09. The monoisotopic (exact) mass is 346 g/mol. The smallest absolute Gasteiger partial charge is 0.322 e. The van der Waals surface area contributed by atoms with Crippen LogP contribution >= 0.6 is 11.3 Å². The normalized spacial score (nSPS) is 10.4. The van der Waals surface area contributed by atoms with Gasteiger partial charge in [0.15, 0.2) is 0 Å². The number of thiophene rings is 1. The zero-order valence-electron chi connectivity index (χ0n) is 14.5. The van der Waals surface area contributed by atoms with Gasteiger partial charge in [-0.2, -0.15) is 11.3 Å². The third kappa shape index (κ3) is 5.89. The highest BCUT2D eigenvalue weighted by Gasteiger charge is 2.13. The number of carbonyl (C=O) groups excluding carboxylic acids is 1.